The number of tetrazole rings is 1. The smallest absolute Gasteiger partial charge is 0.179 e. The SMILES string of the molecule is Cc1cc(-n2nnnc2CNCC(C)C)nn1C. The van der Waals surface area contributed by atoms with Gasteiger partial charge in [0.05, 0.1) is 6.54 Å². The Bertz CT molecular complexity index is 492. The van der Waals surface area contributed by atoms with Crippen molar-refractivity contribution < 1.29 is 0 Å². The van der Waals surface area contributed by atoms with Crippen molar-refractivity contribution in [1.29, 1.82) is 0 Å². The highest BCUT2D eigenvalue weighted by atomic mass is 15.6. The van der Waals surface area contributed by atoms with Gasteiger partial charge in [-0.15, -0.1) is 5.10 Å². The Balaban J connectivity index is 2.12. The summed E-state index contributed by atoms with van der Waals surface area (Å²) < 4.78 is 3.47. The molecule has 0 saturated carbocycles. The third-order valence-corrected chi connectivity index (χ3v) is 2.69. The van der Waals surface area contributed by atoms with Gasteiger partial charge in [0.15, 0.2) is 11.6 Å². The Hall–Kier alpha value is -1.76. The predicted octanol–water partition coefficient (Wildman–Crippen LogP) is 0.450. The molecule has 0 amide bonds. The minimum absolute atomic E-state index is 0.603. The monoisotopic (exact) mass is 249 g/mol. The molecule has 2 heterocycles. The molecule has 0 aromatic carbocycles. The highest BCUT2D eigenvalue weighted by molar-refractivity contribution is 5.23. The van der Waals surface area contributed by atoms with E-state index in [1.165, 1.54) is 0 Å². The third kappa shape index (κ3) is 2.73. The number of nitrogens with one attached hydrogen (secondary N) is 1. The molecule has 0 saturated heterocycles. The molecule has 18 heavy (non-hydrogen) atoms. The molecule has 2 aromatic heterocycles. The quantitative estimate of drug-likeness (QED) is 0.833. The van der Waals surface area contributed by atoms with Crippen LogP contribution in [0.1, 0.15) is 25.4 Å². The van der Waals surface area contributed by atoms with Gasteiger partial charge in [0.1, 0.15) is 0 Å². The van der Waals surface area contributed by atoms with Crippen molar-refractivity contribution in [3.63, 3.8) is 0 Å². The van der Waals surface area contributed by atoms with Gasteiger partial charge in [0.25, 0.3) is 0 Å². The van der Waals surface area contributed by atoms with Gasteiger partial charge in [-0.1, -0.05) is 13.8 Å². The van der Waals surface area contributed by atoms with E-state index in [0.29, 0.717) is 12.5 Å². The molecule has 1 N–H and O–H groups in total. The van der Waals surface area contributed by atoms with Crippen LogP contribution < -0.4 is 5.32 Å². The summed E-state index contributed by atoms with van der Waals surface area (Å²) in [6, 6.07) is 1.96. The summed E-state index contributed by atoms with van der Waals surface area (Å²) in [4.78, 5) is 0. The lowest BCUT2D eigenvalue weighted by atomic mass is 10.2. The van der Waals surface area contributed by atoms with Crippen LogP contribution in [-0.4, -0.2) is 36.5 Å². The topological polar surface area (TPSA) is 73.5 Å². The molecule has 98 valence electrons. The van der Waals surface area contributed by atoms with Crippen molar-refractivity contribution in [3.05, 3.63) is 17.6 Å². The molecule has 0 unspecified atom stereocenters. The fraction of sp³-hybridized carbons (Fsp3) is 0.636. The molecule has 0 atom stereocenters. The molecule has 0 fully saturated rings. The van der Waals surface area contributed by atoms with Crippen molar-refractivity contribution in [2.45, 2.75) is 27.3 Å². The van der Waals surface area contributed by atoms with Crippen LogP contribution in [0.5, 0.6) is 0 Å². The Morgan fingerprint density at radius 1 is 1.39 bits per heavy atom. The van der Waals surface area contributed by atoms with Crippen LogP contribution >= 0.6 is 0 Å². The average Bonchev–Trinajstić information content (AvgIpc) is 2.86. The van der Waals surface area contributed by atoms with Crippen LogP contribution in [0.3, 0.4) is 0 Å². The number of aromatic nitrogens is 6. The van der Waals surface area contributed by atoms with Crippen LogP contribution in [0.15, 0.2) is 6.07 Å². The number of aryl methyl sites for hydroxylation is 2. The van der Waals surface area contributed by atoms with Crippen molar-refractivity contribution >= 4 is 0 Å². The van der Waals surface area contributed by atoms with E-state index < -0.39 is 0 Å². The van der Waals surface area contributed by atoms with Crippen LogP contribution in [0, 0.1) is 12.8 Å². The summed E-state index contributed by atoms with van der Waals surface area (Å²) in [5.74, 6) is 2.13. The van der Waals surface area contributed by atoms with E-state index in [0.717, 1.165) is 23.9 Å². The normalized spacial score (nSPS) is 11.4. The highest BCUT2D eigenvalue weighted by Crippen LogP contribution is 2.07. The molecule has 2 rings (SSSR count). The fourth-order valence-electron chi connectivity index (χ4n) is 1.61. The van der Waals surface area contributed by atoms with Crippen LogP contribution in [0.2, 0.25) is 0 Å². The second-order valence-electron chi connectivity index (χ2n) is 4.80. The summed E-state index contributed by atoms with van der Waals surface area (Å²) in [5.41, 5.74) is 1.07. The Morgan fingerprint density at radius 2 is 2.17 bits per heavy atom. The summed E-state index contributed by atoms with van der Waals surface area (Å²) in [6.45, 7) is 7.91. The van der Waals surface area contributed by atoms with E-state index in [4.69, 9.17) is 0 Å². The fourth-order valence-corrected chi connectivity index (χ4v) is 1.61. The van der Waals surface area contributed by atoms with E-state index in [1.54, 1.807) is 4.68 Å². The second kappa shape index (κ2) is 5.26. The first kappa shape index (κ1) is 12.7. The number of nitrogens with zero attached hydrogens (tertiary/aromatic N) is 6. The average molecular weight is 249 g/mol. The van der Waals surface area contributed by atoms with Gasteiger partial charge in [0, 0.05) is 18.8 Å². The molecule has 0 bridgehead atoms. The van der Waals surface area contributed by atoms with Crippen molar-refractivity contribution in [1.82, 2.24) is 35.3 Å². The molecular weight excluding hydrogens is 230 g/mol. The zero-order valence-corrected chi connectivity index (χ0v) is 11.3. The minimum Gasteiger partial charge on any atom is -0.310 e. The molecular formula is C11H19N7. The Labute approximate surface area is 106 Å². The minimum atomic E-state index is 0.603. The molecule has 0 aliphatic rings. The molecule has 0 radical (unpaired) electrons. The Kier molecular flexibility index (Phi) is 3.71. The van der Waals surface area contributed by atoms with E-state index >= 15 is 0 Å². The predicted molar refractivity (Wildman–Crippen MR) is 67.2 cm³/mol. The van der Waals surface area contributed by atoms with Gasteiger partial charge < -0.3 is 5.32 Å². The van der Waals surface area contributed by atoms with Crippen LogP contribution in [0.4, 0.5) is 0 Å². The summed E-state index contributed by atoms with van der Waals surface area (Å²) >= 11 is 0. The standard InChI is InChI=1S/C11H19N7/c1-8(2)6-12-7-11-13-15-16-18(11)10-5-9(3)17(4)14-10/h5,8,12H,6-7H2,1-4H3. The zero-order chi connectivity index (χ0) is 13.1. The number of rotatable bonds is 5. The van der Waals surface area contributed by atoms with Gasteiger partial charge in [-0.05, 0) is 29.8 Å². The summed E-state index contributed by atoms with van der Waals surface area (Å²) in [7, 11) is 1.90. The third-order valence-electron chi connectivity index (χ3n) is 2.69. The first-order chi connectivity index (χ1) is 8.58. The number of hydrogen-bond donors (Lipinski definition) is 1. The van der Waals surface area contributed by atoms with Crippen molar-refractivity contribution in [3.8, 4) is 5.82 Å². The maximum absolute atomic E-state index is 4.37. The summed E-state index contributed by atoms with van der Waals surface area (Å²) in [6.07, 6.45) is 0. The van der Waals surface area contributed by atoms with E-state index in [-0.39, 0.29) is 0 Å². The van der Waals surface area contributed by atoms with E-state index in [1.807, 2.05) is 24.7 Å². The van der Waals surface area contributed by atoms with Crippen molar-refractivity contribution in [2.75, 3.05) is 6.54 Å². The summed E-state index contributed by atoms with van der Waals surface area (Å²) in [5, 5.41) is 19.4. The molecule has 7 nitrogen and oxygen atoms in total. The van der Waals surface area contributed by atoms with Gasteiger partial charge in [0.2, 0.25) is 0 Å². The van der Waals surface area contributed by atoms with Gasteiger partial charge in [-0.3, -0.25) is 4.68 Å². The maximum atomic E-state index is 4.37. The highest BCUT2D eigenvalue weighted by Gasteiger charge is 2.11. The van der Waals surface area contributed by atoms with Gasteiger partial charge in [-0.2, -0.15) is 9.78 Å². The van der Waals surface area contributed by atoms with Crippen molar-refractivity contribution in [2.24, 2.45) is 13.0 Å². The lowest BCUT2D eigenvalue weighted by Crippen LogP contribution is -2.21. The molecule has 0 aliphatic heterocycles. The van der Waals surface area contributed by atoms with E-state index in [9.17, 15) is 0 Å². The van der Waals surface area contributed by atoms with Gasteiger partial charge in [-0.25, -0.2) is 0 Å². The lowest BCUT2D eigenvalue weighted by Gasteiger charge is -2.06. The first-order valence-electron chi connectivity index (χ1n) is 6.07. The molecule has 2 aromatic rings. The van der Waals surface area contributed by atoms with Gasteiger partial charge >= 0.3 is 0 Å². The molecule has 0 spiro atoms. The lowest BCUT2D eigenvalue weighted by molar-refractivity contribution is 0.536. The van der Waals surface area contributed by atoms with Crippen LogP contribution in [-0.2, 0) is 13.6 Å². The molecule has 0 aliphatic carbocycles. The van der Waals surface area contributed by atoms with Crippen LogP contribution in [0.25, 0.3) is 5.82 Å². The van der Waals surface area contributed by atoms with E-state index in [2.05, 4.69) is 39.8 Å². The Morgan fingerprint density at radius 3 is 2.78 bits per heavy atom. The maximum Gasteiger partial charge on any atom is 0.179 e. The molecule has 7 heteroatoms. The number of hydrogen-bond acceptors (Lipinski definition) is 5. The second-order valence-corrected chi connectivity index (χ2v) is 4.80. The largest absolute Gasteiger partial charge is 0.310 e. The first-order valence-corrected chi connectivity index (χ1v) is 6.07. The zero-order valence-electron chi connectivity index (χ0n) is 11.3.